The summed E-state index contributed by atoms with van der Waals surface area (Å²) in [6, 6.07) is -0.271. The van der Waals surface area contributed by atoms with Crippen LogP contribution in [0.4, 0.5) is 0 Å². The quantitative estimate of drug-likeness (QED) is 0.819. The number of amides is 2. The SMILES string of the molecule is CN(C)C(=O)C1CCCN1C(=O)CC1(N)CCCC1. The van der Waals surface area contributed by atoms with Crippen molar-refractivity contribution < 1.29 is 9.59 Å². The fourth-order valence-electron chi connectivity index (χ4n) is 3.28. The van der Waals surface area contributed by atoms with Crippen molar-refractivity contribution in [3.63, 3.8) is 0 Å². The summed E-state index contributed by atoms with van der Waals surface area (Å²) in [5.41, 5.74) is 5.94. The summed E-state index contributed by atoms with van der Waals surface area (Å²) < 4.78 is 0. The molecule has 1 heterocycles. The average Bonchev–Trinajstić information content (AvgIpc) is 2.96. The summed E-state index contributed by atoms with van der Waals surface area (Å²) in [4.78, 5) is 27.8. The molecule has 1 saturated carbocycles. The third kappa shape index (κ3) is 3.08. The molecule has 2 fully saturated rings. The van der Waals surface area contributed by atoms with Crippen LogP contribution in [0.15, 0.2) is 0 Å². The van der Waals surface area contributed by atoms with E-state index >= 15 is 0 Å². The van der Waals surface area contributed by atoms with Crippen molar-refractivity contribution in [1.82, 2.24) is 9.80 Å². The molecule has 1 aliphatic carbocycles. The molecule has 5 nitrogen and oxygen atoms in total. The molecule has 108 valence electrons. The lowest BCUT2D eigenvalue weighted by atomic mass is 9.94. The number of nitrogens with zero attached hydrogens (tertiary/aromatic N) is 2. The monoisotopic (exact) mass is 267 g/mol. The molecule has 19 heavy (non-hydrogen) atoms. The highest BCUT2D eigenvalue weighted by Gasteiger charge is 2.39. The molecule has 0 aromatic rings. The van der Waals surface area contributed by atoms with Crippen molar-refractivity contribution in [2.24, 2.45) is 5.73 Å². The Morgan fingerprint density at radius 2 is 1.89 bits per heavy atom. The number of nitrogens with two attached hydrogens (primary N) is 1. The Morgan fingerprint density at radius 3 is 2.47 bits per heavy atom. The molecule has 0 bridgehead atoms. The third-order valence-electron chi connectivity index (χ3n) is 4.40. The van der Waals surface area contributed by atoms with E-state index in [1.54, 1.807) is 23.9 Å². The molecule has 1 saturated heterocycles. The van der Waals surface area contributed by atoms with Gasteiger partial charge in [-0.15, -0.1) is 0 Å². The molecule has 2 aliphatic rings. The van der Waals surface area contributed by atoms with Gasteiger partial charge in [0.1, 0.15) is 6.04 Å². The van der Waals surface area contributed by atoms with E-state index in [-0.39, 0.29) is 23.4 Å². The number of likely N-dealkylation sites (tertiary alicyclic amines) is 1. The zero-order chi connectivity index (χ0) is 14.0. The van der Waals surface area contributed by atoms with E-state index in [1.165, 1.54) is 0 Å². The Bertz CT molecular complexity index is 362. The summed E-state index contributed by atoms with van der Waals surface area (Å²) in [6.07, 6.45) is 6.17. The average molecular weight is 267 g/mol. The Morgan fingerprint density at radius 1 is 1.26 bits per heavy atom. The molecule has 0 aromatic carbocycles. The molecule has 0 spiro atoms. The van der Waals surface area contributed by atoms with Crippen LogP contribution in [-0.4, -0.2) is 53.8 Å². The topological polar surface area (TPSA) is 66.6 Å². The number of hydrogen-bond acceptors (Lipinski definition) is 3. The number of carbonyl (C=O) groups is 2. The van der Waals surface area contributed by atoms with Crippen LogP contribution in [0, 0.1) is 0 Å². The first-order valence-corrected chi connectivity index (χ1v) is 7.22. The lowest BCUT2D eigenvalue weighted by molar-refractivity contribution is -0.143. The highest BCUT2D eigenvalue weighted by molar-refractivity contribution is 5.88. The second-order valence-corrected chi connectivity index (χ2v) is 6.22. The first kappa shape index (κ1) is 14.3. The fraction of sp³-hybridized carbons (Fsp3) is 0.857. The fourth-order valence-corrected chi connectivity index (χ4v) is 3.28. The molecule has 2 amide bonds. The molecule has 1 aliphatic heterocycles. The second-order valence-electron chi connectivity index (χ2n) is 6.22. The highest BCUT2D eigenvalue weighted by atomic mass is 16.2. The van der Waals surface area contributed by atoms with Gasteiger partial charge in [0.15, 0.2) is 0 Å². The largest absolute Gasteiger partial charge is 0.347 e. The van der Waals surface area contributed by atoms with E-state index in [9.17, 15) is 9.59 Å². The first-order chi connectivity index (χ1) is 8.93. The molecular formula is C14H25N3O2. The van der Waals surface area contributed by atoms with Gasteiger partial charge in [0, 0.05) is 32.6 Å². The van der Waals surface area contributed by atoms with Gasteiger partial charge in [-0.1, -0.05) is 12.8 Å². The van der Waals surface area contributed by atoms with Crippen molar-refractivity contribution in [1.29, 1.82) is 0 Å². The third-order valence-corrected chi connectivity index (χ3v) is 4.40. The van der Waals surface area contributed by atoms with Crippen LogP contribution in [0.5, 0.6) is 0 Å². The lowest BCUT2D eigenvalue weighted by Crippen LogP contribution is -2.49. The van der Waals surface area contributed by atoms with E-state index in [2.05, 4.69) is 0 Å². The minimum atomic E-state index is -0.328. The van der Waals surface area contributed by atoms with Gasteiger partial charge in [0.05, 0.1) is 0 Å². The van der Waals surface area contributed by atoms with E-state index in [4.69, 9.17) is 5.73 Å². The number of rotatable bonds is 3. The van der Waals surface area contributed by atoms with E-state index in [0.29, 0.717) is 13.0 Å². The summed E-state index contributed by atoms with van der Waals surface area (Å²) >= 11 is 0. The van der Waals surface area contributed by atoms with Crippen LogP contribution in [0.25, 0.3) is 0 Å². The molecule has 0 radical (unpaired) electrons. The molecular weight excluding hydrogens is 242 g/mol. The van der Waals surface area contributed by atoms with Gasteiger partial charge < -0.3 is 15.5 Å². The smallest absolute Gasteiger partial charge is 0.244 e. The zero-order valence-corrected chi connectivity index (χ0v) is 12.0. The zero-order valence-electron chi connectivity index (χ0n) is 12.0. The van der Waals surface area contributed by atoms with Gasteiger partial charge in [-0.05, 0) is 25.7 Å². The van der Waals surface area contributed by atoms with Crippen molar-refractivity contribution in [2.75, 3.05) is 20.6 Å². The van der Waals surface area contributed by atoms with Crippen LogP contribution in [0.2, 0.25) is 0 Å². The molecule has 1 unspecified atom stereocenters. The maximum atomic E-state index is 12.4. The number of likely N-dealkylation sites (N-methyl/N-ethyl adjacent to an activating group) is 1. The minimum Gasteiger partial charge on any atom is -0.347 e. The molecule has 5 heteroatoms. The Kier molecular flexibility index (Phi) is 4.13. The first-order valence-electron chi connectivity index (χ1n) is 7.22. The van der Waals surface area contributed by atoms with Crippen LogP contribution in [0.1, 0.15) is 44.9 Å². The van der Waals surface area contributed by atoms with Gasteiger partial charge in [-0.2, -0.15) is 0 Å². The summed E-state index contributed by atoms with van der Waals surface area (Å²) in [5, 5.41) is 0. The Labute approximate surface area is 115 Å². The predicted octanol–water partition coefficient (Wildman–Crippen LogP) is 0.727. The minimum absolute atomic E-state index is 0.0309. The molecule has 0 aromatic heterocycles. The number of carbonyl (C=O) groups excluding carboxylic acids is 2. The Hall–Kier alpha value is -1.10. The summed E-state index contributed by atoms with van der Waals surface area (Å²) in [7, 11) is 3.48. The lowest BCUT2D eigenvalue weighted by Gasteiger charge is -2.30. The van der Waals surface area contributed by atoms with Gasteiger partial charge in [0.25, 0.3) is 0 Å². The Balaban J connectivity index is 1.99. The second kappa shape index (κ2) is 5.49. The van der Waals surface area contributed by atoms with E-state index < -0.39 is 0 Å². The van der Waals surface area contributed by atoms with Gasteiger partial charge in [-0.25, -0.2) is 0 Å². The van der Waals surface area contributed by atoms with E-state index in [1.807, 2.05) is 0 Å². The summed E-state index contributed by atoms with van der Waals surface area (Å²) in [5.74, 6) is 0.0884. The van der Waals surface area contributed by atoms with Crippen LogP contribution in [0.3, 0.4) is 0 Å². The standard InChI is InChI=1S/C14H25N3O2/c1-16(2)13(19)11-6-5-9-17(11)12(18)10-14(15)7-3-4-8-14/h11H,3-10,15H2,1-2H3. The summed E-state index contributed by atoms with van der Waals surface area (Å²) in [6.45, 7) is 0.694. The van der Waals surface area contributed by atoms with Gasteiger partial charge in [-0.3, -0.25) is 9.59 Å². The number of hydrogen-bond donors (Lipinski definition) is 1. The van der Waals surface area contributed by atoms with Crippen molar-refractivity contribution >= 4 is 11.8 Å². The maximum Gasteiger partial charge on any atom is 0.244 e. The predicted molar refractivity (Wildman–Crippen MR) is 73.4 cm³/mol. The van der Waals surface area contributed by atoms with Crippen LogP contribution in [-0.2, 0) is 9.59 Å². The molecule has 1 atom stereocenters. The van der Waals surface area contributed by atoms with Crippen molar-refractivity contribution in [2.45, 2.75) is 56.5 Å². The molecule has 2 N–H and O–H groups in total. The van der Waals surface area contributed by atoms with Crippen molar-refractivity contribution in [3.05, 3.63) is 0 Å². The van der Waals surface area contributed by atoms with Gasteiger partial charge >= 0.3 is 0 Å². The van der Waals surface area contributed by atoms with Gasteiger partial charge in [0.2, 0.25) is 11.8 Å². The van der Waals surface area contributed by atoms with Crippen LogP contribution >= 0.6 is 0 Å². The van der Waals surface area contributed by atoms with E-state index in [0.717, 1.165) is 38.5 Å². The maximum absolute atomic E-state index is 12.4. The van der Waals surface area contributed by atoms with Crippen molar-refractivity contribution in [3.8, 4) is 0 Å². The molecule has 2 rings (SSSR count). The highest BCUT2D eigenvalue weighted by Crippen LogP contribution is 2.31. The normalized spacial score (nSPS) is 25.6. The van der Waals surface area contributed by atoms with Crippen LogP contribution < -0.4 is 5.73 Å².